The van der Waals surface area contributed by atoms with Crippen molar-refractivity contribution in [2.75, 3.05) is 0 Å². The second-order valence-corrected chi connectivity index (χ2v) is 2.20. The van der Waals surface area contributed by atoms with Gasteiger partial charge in [-0.15, -0.1) is 0 Å². The molecule has 0 bridgehead atoms. The molecule has 0 aliphatic rings. The van der Waals surface area contributed by atoms with Crippen LogP contribution in [0.5, 0.6) is 0 Å². The maximum absolute atomic E-state index is 10.6. The van der Waals surface area contributed by atoms with Crippen LogP contribution in [0.2, 0.25) is 0 Å². The fourth-order valence-electron chi connectivity index (χ4n) is 0.724. The molecule has 0 amide bonds. The minimum absolute atomic E-state index is 0.152. The summed E-state index contributed by atoms with van der Waals surface area (Å²) in [5.41, 5.74) is 1.37. The van der Waals surface area contributed by atoms with Crippen LogP contribution in [0.15, 0.2) is 29.5 Å². The van der Waals surface area contributed by atoms with Gasteiger partial charge in [0.15, 0.2) is 0 Å². The first-order valence-electron chi connectivity index (χ1n) is 3.13. The van der Waals surface area contributed by atoms with Gasteiger partial charge in [0.2, 0.25) is 11.0 Å². The Morgan fingerprint density at radius 3 is 2.36 bits per heavy atom. The zero-order chi connectivity index (χ0) is 8.27. The topological polar surface area (TPSA) is 58.7 Å². The Morgan fingerprint density at radius 2 is 1.91 bits per heavy atom. The van der Waals surface area contributed by atoms with Crippen LogP contribution in [0.3, 0.4) is 0 Å². The van der Waals surface area contributed by atoms with Crippen molar-refractivity contribution in [1.82, 2.24) is 0 Å². The second-order valence-electron chi connectivity index (χ2n) is 2.20. The number of aryl methyl sites for hydroxylation is 1. The summed E-state index contributed by atoms with van der Waals surface area (Å²) in [6, 6.07) is 6.71. The first kappa shape index (κ1) is 7.53. The predicted molar refractivity (Wildman–Crippen MR) is 38.7 cm³/mol. The normalized spacial score (nSPS) is 11.5. The summed E-state index contributed by atoms with van der Waals surface area (Å²) < 4.78 is 0. The standard InChI is InChI=1S/C7H8N2O2/c1-6-2-4-7(5-3-6)9(11)8-10/h2-5,10H,1H3/b9-8-. The highest BCUT2D eigenvalue weighted by atomic mass is 16.6. The fourth-order valence-corrected chi connectivity index (χ4v) is 0.724. The van der Waals surface area contributed by atoms with E-state index in [1.165, 1.54) is 0 Å². The van der Waals surface area contributed by atoms with Gasteiger partial charge in [0.25, 0.3) is 0 Å². The molecule has 0 aromatic heterocycles. The van der Waals surface area contributed by atoms with Crippen LogP contribution in [-0.2, 0) is 0 Å². The van der Waals surface area contributed by atoms with Crippen LogP contribution in [0.4, 0.5) is 5.69 Å². The van der Waals surface area contributed by atoms with Gasteiger partial charge >= 0.3 is 0 Å². The van der Waals surface area contributed by atoms with Crippen molar-refractivity contribution < 1.29 is 10.1 Å². The van der Waals surface area contributed by atoms with E-state index in [1.807, 2.05) is 6.92 Å². The lowest BCUT2D eigenvalue weighted by molar-refractivity contribution is -0.473. The van der Waals surface area contributed by atoms with Crippen molar-refractivity contribution in [3.8, 4) is 0 Å². The summed E-state index contributed by atoms with van der Waals surface area (Å²) in [4.78, 5) is 0.152. The van der Waals surface area contributed by atoms with E-state index < -0.39 is 0 Å². The monoisotopic (exact) mass is 152 g/mol. The maximum Gasteiger partial charge on any atom is 0.248 e. The summed E-state index contributed by atoms with van der Waals surface area (Å²) in [7, 11) is 0. The lowest BCUT2D eigenvalue weighted by atomic mass is 10.2. The molecule has 0 saturated carbocycles. The van der Waals surface area contributed by atoms with E-state index in [9.17, 15) is 5.21 Å². The maximum atomic E-state index is 10.6. The van der Waals surface area contributed by atoms with E-state index in [2.05, 4.69) is 5.28 Å². The Hall–Kier alpha value is -1.58. The molecule has 4 nitrogen and oxygen atoms in total. The quantitative estimate of drug-likeness (QED) is 0.380. The van der Waals surface area contributed by atoms with E-state index in [1.54, 1.807) is 24.3 Å². The van der Waals surface area contributed by atoms with Gasteiger partial charge < -0.3 is 10.4 Å². The molecular formula is C7H8N2O2. The first-order valence-corrected chi connectivity index (χ1v) is 3.13. The van der Waals surface area contributed by atoms with Crippen molar-refractivity contribution >= 4 is 5.69 Å². The van der Waals surface area contributed by atoms with E-state index in [0.29, 0.717) is 5.69 Å². The Labute approximate surface area is 63.9 Å². The number of hydrogen-bond donors (Lipinski definition) is 1. The number of rotatable bonds is 1. The molecule has 4 heteroatoms. The number of benzene rings is 1. The van der Waals surface area contributed by atoms with Crippen molar-refractivity contribution in [3.05, 3.63) is 35.0 Å². The summed E-state index contributed by atoms with van der Waals surface area (Å²) >= 11 is 0. The molecule has 1 aromatic rings. The van der Waals surface area contributed by atoms with E-state index in [4.69, 9.17) is 5.21 Å². The van der Waals surface area contributed by atoms with Gasteiger partial charge in [-0.25, -0.2) is 0 Å². The van der Waals surface area contributed by atoms with Crippen molar-refractivity contribution in [3.63, 3.8) is 0 Å². The molecule has 0 radical (unpaired) electrons. The smallest absolute Gasteiger partial charge is 0.248 e. The molecular weight excluding hydrogens is 144 g/mol. The Morgan fingerprint density at radius 1 is 1.36 bits per heavy atom. The largest absolute Gasteiger partial charge is 0.592 e. The second kappa shape index (κ2) is 3.01. The number of hydrogen-bond acceptors (Lipinski definition) is 2. The van der Waals surface area contributed by atoms with Gasteiger partial charge in [0.05, 0.1) is 0 Å². The third-order valence-corrected chi connectivity index (χ3v) is 1.34. The number of nitrogens with zero attached hydrogens (tertiary/aromatic N) is 2. The third kappa shape index (κ3) is 1.67. The van der Waals surface area contributed by atoms with Crippen LogP contribution in [-0.4, -0.2) is 10.1 Å². The van der Waals surface area contributed by atoms with Gasteiger partial charge in [-0.2, -0.15) is 0 Å². The summed E-state index contributed by atoms with van der Waals surface area (Å²) in [6.07, 6.45) is 0. The third-order valence-electron chi connectivity index (χ3n) is 1.34. The molecule has 58 valence electrons. The molecule has 0 atom stereocenters. The van der Waals surface area contributed by atoms with Crippen LogP contribution >= 0.6 is 0 Å². The SMILES string of the molecule is Cc1ccc(/[N+]([O-])=N/O)cc1. The minimum atomic E-state index is 0.152. The molecule has 0 aliphatic carbocycles. The van der Waals surface area contributed by atoms with Crippen LogP contribution in [0.1, 0.15) is 5.56 Å². The Kier molecular flexibility index (Phi) is 2.06. The molecule has 0 unspecified atom stereocenters. The molecule has 1 N–H and O–H groups in total. The lowest BCUT2D eigenvalue weighted by Gasteiger charge is -1.95. The fraction of sp³-hybridized carbons (Fsp3) is 0.143. The molecule has 1 aromatic carbocycles. The highest BCUT2D eigenvalue weighted by Gasteiger charge is 2.00. The molecule has 0 spiro atoms. The van der Waals surface area contributed by atoms with Gasteiger partial charge in [0.1, 0.15) is 0 Å². The van der Waals surface area contributed by atoms with Crippen LogP contribution in [0.25, 0.3) is 0 Å². The van der Waals surface area contributed by atoms with Crippen LogP contribution < -0.4 is 0 Å². The van der Waals surface area contributed by atoms with Gasteiger partial charge in [-0.1, -0.05) is 17.7 Å². The Bertz CT molecular complexity index is 266. The van der Waals surface area contributed by atoms with E-state index in [-0.39, 0.29) is 4.86 Å². The van der Waals surface area contributed by atoms with Crippen molar-refractivity contribution in [2.45, 2.75) is 6.92 Å². The summed E-state index contributed by atoms with van der Waals surface area (Å²) in [6.45, 7) is 1.91. The highest BCUT2D eigenvalue weighted by Crippen LogP contribution is 2.11. The summed E-state index contributed by atoms with van der Waals surface area (Å²) in [5, 5.41) is 21.2. The molecule has 11 heavy (non-hydrogen) atoms. The van der Waals surface area contributed by atoms with Crippen molar-refractivity contribution in [1.29, 1.82) is 0 Å². The highest BCUT2D eigenvalue weighted by molar-refractivity contribution is 5.31. The molecule has 1 rings (SSSR count). The first-order chi connectivity index (χ1) is 5.24. The zero-order valence-corrected chi connectivity index (χ0v) is 6.06. The van der Waals surface area contributed by atoms with Gasteiger partial charge in [-0.05, 0) is 11.8 Å². The average molecular weight is 152 g/mol. The van der Waals surface area contributed by atoms with Crippen molar-refractivity contribution in [2.24, 2.45) is 5.28 Å². The van der Waals surface area contributed by atoms with Gasteiger partial charge in [0, 0.05) is 12.1 Å². The van der Waals surface area contributed by atoms with E-state index >= 15 is 0 Å². The predicted octanol–water partition coefficient (Wildman–Crippen LogP) is 1.98. The van der Waals surface area contributed by atoms with Crippen LogP contribution in [0, 0.1) is 12.1 Å². The molecule has 0 saturated heterocycles. The average Bonchev–Trinajstić information content (AvgIpc) is 2.05. The van der Waals surface area contributed by atoms with E-state index in [0.717, 1.165) is 5.56 Å². The molecule has 0 aliphatic heterocycles. The molecule has 0 fully saturated rings. The zero-order valence-electron chi connectivity index (χ0n) is 6.06. The summed E-state index contributed by atoms with van der Waals surface area (Å²) in [5.74, 6) is 0. The Balaban J connectivity index is 2.99. The minimum Gasteiger partial charge on any atom is -0.592 e. The van der Waals surface area contributed by atoms with Gasteiger partial charge in [-0.3, -0.25) is 0 Å². The molecule has 0 heterocycles. The lowest BCUT2D eigenvalue weighted by Crippen LogP contribution is -1.89.